The highest BCUT2D eigenvalue weighted by Gasteiger charge is 2.21. The molecule has 0 aliphatic heterocycles. The number of nitrogens with zero attached hydrogens (tertiary/aromatic N) is 3. The molecule has 0 saturated heterocycles. The number of ether oxygens (including phenoxy) is 3. The number of rotatable bonds is 7. The maximum absolute atomic E-state index is 12.3. The zero-order chi connectivity index (χ0) is 19.4. The molecule has 0 saturated carbocycles. The van der Waals surface area contributed by atoms with Crippen LogP contribution in [0.1, 0.15) is 34.6 Å². The second-order valence-corrected chi connectivity index (χ2v) is 5.57. The minimum atomic E-state index is -0.545. The number of aryl methyl sites for hydroxylation is 2. The molecular formula is C18H19N3O6. The minimum Gasteiger partial charge on any atom is -0.493 e. The van der Waals surface area contributed by atoms with E-state index in [1.165, 1.54) is 0 Å². The molecule has 2 heterocycles. The van der Waals surface area contributed by atoms with Crippen LogP contribution in [0.5, 0.6) is 11.5 Å². The maximum atomic E-state index is 12.3. The molecule has 0 N–H and O–H groups in total. The van der Waals surface area contributed by atoms with Gasteiger partial charge >= 0.3 is 5.97 Å². The van der Waals surface area contributed by atoms with Gasteiger partial charge in [-0.2, -0.15) is 4.98 Å². The lowest BCUT2D eigenvalue weighted by molar-refractivity contribution is 0.0426. The number of esters is 1. The summed E-state index contributed by atoms with van der Waals surface area (Å²) in [7, 11) is 3.10. The molecule has 0 spiro atoms. The van der Waals surface area contributed by atoms with Crippen LogP contribution in [0.4, 0.5) is 0 Å². The summed E-state index contributed by atoms with van der Waals surface area (Å²) in [5.74, 6) is 1.51. The number of hydrogen-bond donors (Lipinski definition) is 0. The Bertz CT molecular complexity index is 946. The fourth-order valence-electron chi connectivity index (χ4n) is 2.53. The van der Waals surface area contributed by atoms with E-state index in [0.717, 1.165) is 0 Å². The Kier molecular flexibility index (Phi) is 5.39. The van der Waals surface area contributed by atoms with Crippen molar-refractivity contribution in [3.05, 3.63) is 41.1 Å². The number of aromatic nitrogens is 3. The first-order valence-electron chi connectivity index (χ1n) is 8.24. The van der Waals surface area contributed by atoms with Gasteiger partial charge in [0.1, 0.15) is 11.3 Å². The third-order valence-corrected chi connectivity index (χ3v) is 3.91. The van der Waals surface area contributed by atoms with Gasteiger partial charge in [-0.1, -0.05) is 17.2 Å². The fraction of sp³-hybridized carbons (Fsp3) is 0.333. The topological polar surface area (TPSA) is 110 Å². The van der Waals surface area contributed by atoms with Crippen molar-refractivity contribution < 1.29 is 28.1 Å². The highest BCUT2D eigenvalue weighted by atomic mass is 16.6. The molecule has 3 aromatic rings. The van der Waals surface area contributed by atoms with Crippen LogP contribution >= 0.6 is 0 Å². The molecule has 0 fully saturated rings. The Hall–Kier alpha value is -3.36. The van der Waals surface area contributed by atoms with Gasteiger partial charge in [-0.3, -0.25) is 0 Å². The van der Waals surface area contributed by atoms with Crippen molar-refractivity contribution in [1.29, 1.82) is 0 Å². The normalized spacial score (nSPS) is 10.7. The lowest BCUT2D eigenvalue weighted by Gasteiger charge is -2.07. The van der Waals surface area contributed by atoms with E-state index in [1.807, 2.05) is 6.92 Å². The molecular weight excluding hydrogens is 354 g/mol. The van der Waals surface area contributed by atoms with Crippen molar-refractivity contribution >= 4 is 5.97 Å². The standard InChI is InChI=1S/C18H19N3O6/c1-5-12-16(10(2)26-20-12)18(22)25-9-15-19-17(21-27-15)11-6-7-13(23-3)14(8-11)24-4/h6-8H,5,9H2,1-4H3. The van der Waals surface area contributed by atoms with E-state index in [4.69, 9.17) is 23.3 Å². The first-order valence-corrected chi connectivity index (χ1v) is 8.24. The predicted molar refractivity (Wildman–Crippen MR) is 92.6 cm³/mol. The van der Waals surface area contributed by atoms with Gasteiger partial charge in [0.15, 0.2) is 18.1 Å². The zero-order valence-corrected chi connectivity index (χ0v) is 15.4. The smallest absolute Gasteiger partial charge is 0.344 e. The first kappa shape index (κ1) is 18.4. The van der Waals surface area contributed by atoms with E-state index in [9.17, 15) is 4.79 Å². The van der Waals surface area contributed by atoms with E-state index in [1.54, 1.807) is 39.3 Å². The molecule has 9 nitrogen and oxygen atoms in total. The Morgan fingerprint density at radius 1 is 1.11 bits per heavy atom. The molecule has 142 valence electrons. The van der Waals surface area contributed by atoms with Crippen LogP contribution in [-0.4, -0.2) is 35.5 Å². The summed E-state index contributed by atoms with van der Waals surface area (Å²) < 4.78 is 25.9. The van der Waals surface area contributed by atoms with Crippen molar-refractivity contribution in [2.75, 3.05) is 14.2 Å². The number of benzene rings is 1. The van der Waals surface area contributed by atoms with Gasteiger partial charge in [0.25, 0.3) is 5.89 Å². The van der Waals surface area contributed by atoms with E-state index < -0.39 is 5.97 Å². The largest absolute Gasteiger partial charge is 0.493 e. The van der Waals surface area contributed by atoms with Gasteiger partial charge in [0.2, 0.25) is 5.82 Å². The number of hydrogen-bond acceptors (Lipinski definition) is 9. The summed E-state index contributed by atoms with van der Waals surface area (Å²) in [6, 6.07) is 5.24. The third-order valence-electron chi connectivity index (χ3n) is 3.91. The monoisotopic (exact) mass is 373 g/mol. The van der Waals surface area contributed by atoms with E-state index in [0.29, 0.717) is 46.3 Å². The molecule has 27 heavy (non-hydrogen) atoms. The average Bonchev–Trinajstić information content (AvgIpc) is 3.32. The van der Waals surface area contributed by atoms with Crippen LogP contribution in [0.15, 0.2) is 27.2 Å². The van der Waals surface area contributed by atoms with Crippen LogP contribution < -0.4 is 9.47 Å². The fourth-order valence-corrected chi connectivity index (χ4v) is 2.53. The summed E-state index contributed by atoms with van der Waals surface area (Å²) in [5, 5.41) is 7.74. The summed E-state index contributed by atoms with van der Waals surface area (Å²) in [6.45, 7) is 3.37. The molecule has 0 aliphatic carbocycles. The molecule has 9 heteroatoms. The summed E-state index contributed by atoms with van der Waals surface area (Å²) in [5.41, 5.74) is 1.56. The maximum Gasteiger partial charge on any atom is 0.344 e. The molecule has 0 aliphatic rings. The van der Waals surface area contributed by atoms with Gasteiger partial charge in [-0.15, -0.1) is 0 Å². The average molecular weight is 373 g/mol. The van der Waals surface area contributed by atoms with Gasteiger partial charge < -0.3 is 23.3 Å². The SMILES string of the molecule is CCc1noc(C)c1C(=O)OCc1nc(-c2ccc(OC)c(OC)c2)no1. The lowest BCUT2D eigenvalue weighted by Crippen LogP contribution is -2.08. The van der Waals surface area contributed by atoms with Gasteiger partial charge in [0.05, 0.1) is 19.9 Å². The molecule has 0 radical (unpaired) electrons. The molecule has 0 bridgehead atoms. The van der Waals surface area contributed by atoms with Crippen molar-refractivity contribution in [3.8, 4) is 22.9 Å². The Morgan fingerprint density at radius 2 is 1.89 bits per heavy atom. The zero-order valence-electron chi connectivity index (χ0n) is 15.4. The Balaban J connectivity index is 1.71. The van der Waals surface area contributed by atoms with E-state index >= 15 is 0 Å². The van der Waals surface area contributed by atoms with Gasteiger partial charge in [0, 0.05) is 5.56 Å². The molecule has 3 rings (SSSR count). The highest BCUT2D eigenvalue weighted by molar-refractivity contribution is 5.91. The van der Waals surface area contributed by atoms with E-state index in [2.05, 4.69) is 15.3 Å². The number of carbonyl (C=O) groups excluding carboxylic acids is 1. The predicted octanol–water partition coefficient (Wildman–Crippen LogP) is 2.97. The third kappa shape index (κ3) is 3.76. The summed E-state index contributed by atoms with van der Waals surface area (Å²) in [6.07, 6.45) is 0.561. The first-order chi connectivity index (χ1) is 13.1. The van der Waals surface area contributed by atoms with Crippen molar-refractivity contribution in [2.45, 2.75) is 26.9 Å². The van der Waals surface area contributed by atoms with Crippen molar-refractivity contribution in [1.82, 2.24) is 15.3 Å². The Labute approximate surface area is 155 Å². The van der Waals surface area contributed by atoms with Crippen molar-refractivity contribution in [2.24, 2.45) is 0 Å². The molecule has 0 atom stereocenters. The highest BCUT2D eigenvalue weighted by Crippen LogP contribution is 2.31. The number of methoxy groups -OCH3 is 2. The van der Waals surface area contributed by atoms with Crippen LogP contribution in [0, 0.1) is 6.92 Å². The number of carbonyl (C=O) groups is 1. The second-order valence-electron chi connectivity index (χ2n) is 5.57. The van der Waals surface area contributed by atoms with Gasteiger partial charge in [-0.05, 0) is 31.5 Å². The molecule has 2 aromatic heterocycles. The quantitative estimate of drug-likeness (QED) is 0.577. The summed E-state index contributed by atoms with van der Waals surface area (Å²) in [4.78, 5) is 16.5. The van der Waals surface area contributed by atoms with Gasteiger partial charge in [-0.25, -0.2) is 4.79 Å². The van der Waals surface area contributed by atoms with Crippen LogP contribution in [0.25, 0.3) is 11.4 Å². The molecule has 0 unspecified atom stereocenters. The van der Waals surface area contributed by atoms with Crippen molar-refractivity contribution in [3.63, 3.8) is 0 Å². The van der Waals surface area contributed by atoms with Crippen LogP contribution in [0.2, 0.25) is 0 Å². The molecule has 1 aromatic carbocycles. The summed E-state index contributed by atoms with van der Waals surface area (Å²) >= 11 is 0. The van der Waals surface area contributed by atoms with Crippen LogP contribution in [0.3, 0.4) is 0 Å². The molecule has 0 amide bonds. The lowest BCUT2D eigenvalue weighted by atomic mass is 10.1. The minimum absolute atomic E-state index is 0.160. The van der Waals surface area contributed by atoms with Crippen LogP contribution in [-0.2, 0) is 17.8 Å². The second kappa shape index (κ2) is 7.90. The van der Waals surface area contributed by atoms with E-state index in [-0.39, 0.29) is 12.5 Å². The Morgan fingerprint density at radius 3 is 2.59 bits per heavy atom.